The minimum Gasteiger partial charge on any atom is -0.434 e. The van der Waals surface area contributed by atoms with Gasteiger partial charge in [-0.2, -0.15) is 8.78 Å². The molecule has 6 nitrogen and oxygen atoms in total. The molecule has 1 amide bonds. The van der Waals surface area contributed by atoms with Gasteiger partial charge in [0.05, 0.1) is 17.8 Å². The summed E-state index contributed by atoms with van der Waals surface area (Å²) in [6, 6.07) is 7.96. The van der Waals surface area contributed by atoms with Crippen LogP contribution in [0.3, 0.4) is 0 Å². The maximum absolute atomic E-state index is 12.6. The molecule has 2 heterocycles. The summed E-state index contributed by atoms with van der Waals surface area (Å²) in [7, 11) is 0. The molecule has 0 saturated carbocycles. The lowest BCUT2D eigenvalue weighted by molar-refractivity contribution is -0.0503. The summed E-state index contributed by atoms with van der Waals surface area (Å²) < 4.78 is 34.6. The van der Waals surface area contributed by atoms with E-state index in [1.807, 2.05) is 13.0 Å². The molecule has 1 saturated heterocycles. The van der Waals surface area contributed by atoms with Crippen molar-refractivity contribution in [2.75, 3.05) is 26.2 Å². The fourth-order valence-corrected chi connectivity index (χ4v) is 2.83. The second kappa shape index (κ2) is 7.60. The molecule has 3 rings (SSSR count). The van der Waals surface area contributed by atoms with Crippen LogP contribution in [-0.2, 0) is 6.54 Å². The maximum Gasteiger partial charge on any atom is 0.387 e. The molecule has 1 fully saturated rings. The van der Waals surface area contributed by atoms with Gasteiger partial charge in [0.15, 0.2) is 5.76 Å². The largest absolute Gasteiger partial charge is 0.434 e. The maximum atomic E-state index is 12.6. The topological polar surface area (TPSA) is 58.8 Å². The summed E-state index contributed by atoms with van der Waals surface area (Å²) in [4.78, 5) is 16.4. The highest BCUT2D eigenvalue weighted by Crippen LogP contribution is 2.22. The average Bonchev–Trinajstić information content (AvgIpc) is 3.00. The van der Waals surface area contributed by atoms with Gasteiger partial charge >= 0.3 is 6.61 Å². The van der Waals surface area contributed by atoms with E-state index in [2.05, 4.69) is 14.8 Å². The summed E-state index contributed by atoms with van der Waals surface area (Å²) in [6.07, 6.45) is 0. The van der Waals surface area contributed by atoms with Crippen molar-refractivity contribution in [3.63, 3.8) is 0 Å². The monoisotopic (exact) mass is 351 g/mol. The van der Waals surface area contributed by atoms with E-state index < -0.39 is 6.61 Å². The zero-order valence-corrected chi connectivity index (χ0v) is 13.8. The fraction of sp³-hybridized carbons (Fsp3) is 0.412. The highest BCUT2D eigenvalue weighted by atomic mass is 19.3. The van der Waals surface area contributed by atoms with Crippen LogP contribution >= 0.6 is 0 Å². The predicted molar refractivity (Wildman–Crippen MR) is 85.5 cm³/mol. The average molecular weight is 351 g/mol. The Balaban J connectivity index is 1.60. The Morgan fingerprint density at radius 1 is 1.28 bits per heavy atom. The number of nitrogens with zero attached hydrogens (tertiary/aromatic N) is 3. The molecule has 1 aliphatic rings. The number of rotatable bonds is 5. The number of amides is 1. The molecule has 2 aromatic rings. The predicted octanol–water partition coefficient (Wildman–Crippen LogP) is 2.54. The van der Waals surface area contributed by atoms with Crippen molar-refractivity contribution in [3.8, 4) is 5.75 Å². The molecule has 1 aromatic heterocycles. The number of carbonyl (C=O) groups is 1. The summed E-state index contributed by atoms with van der Waals surface area (Å²) in [5.41, 5.74) is 0.988. The minimum absolute atomic E-state index is 0.0953. The second-order valence-corrected chi connectivity index (χ2v) is 5.88. The molecule has 134 valence electrons. The molecule has 8 heteroatoms. The molecular weight excluding hydrogens is 332 g/mol. The van der Waals surface area contributed by atoms with Gasteiger partial charge in [0.2, 0.25) is 0 Å². The number of aromatic nitrogens is 1. The Hall–Kier alpha value is -2.48. The second-order valence-electron chi connectivity index (χ2n) is 5.88. The zero-order valence-electron chi connectivity index (χ0n) is 13.8. The van der Waals surface area contributed by atoms with Crippen LogP contribution < -0.4 is 4.74 Å². The third kappa shape index (κ3) is 4.33. The zero-order chi connectivity index (χ0) is 17.8. The van der Waals surface area contributed by atoms with E-state index in [-0.39, 0.29) is 17.2 Å². The number of piperazine rings is 1. The third-order valence-electron chi connectivity index (χ3n) is 4.05. The molecule has 0 N–H and O–H groups in total. The molecular formula is C17H19F2N3O3. The number of benzene rings is 1. The summed E-state index contributed by atoms with van der Waals surface area (Å²) >= 11 is 0. The number of halogens is 2. The number of hydrogen-bond donors (Lipinski definition) is 0. The van der Waals surface area contributed by atoms with E-state index in [9.17, 15) is 13.6 Å². The number of carbonyl (C=O) groups excluding carboxylic acids is 1. The Kier molecular flexibility index (Phi) is 5.28. The smallest absolute Gasteiger partial charge is 0.387 e. The van der Waals surface area contributed by atoms with Crippen molar-refractivity contribution in [1.82, 2.24) is 15.0 Å². The van der Waals surface area contributed by atoms with Gasteiger partial charge in [0.25, 0.3) is 5.91 Å². The normalized spacial score (nSPS) is 15.6. The van der Waals surface area contributed by atoms with Crippen LogP contribution in [0.25, 0.3) is 0 Å². The van der Waals surface area contributed by atoms with Crippen LogP contribution in [0.5, 0.6) is 5.75 Å². The van der Waals surface area contributed by atoms with Crippen molar-refractivity contribution in [2.24, 2.45) is 0 Å². The van der Waals surface area contributed by atoms with Crippen LogP contribution in [-0.4, -0.2) is 53.7 Å². The number of alkyl halides is 2. The Labute approximate surface area is 143 Å². The molecule has 25 heavy (non-hydrogen) atoms. The molecule has 0 spiro atoms. The van der Waals surface area contributed by atoms with Crippen LogP contribution in [0.2, 0.25) is 0 Å². The quantitative estimate of drug-likeness (QED) is 0.829. The van der Waals surface area contributed by atoms with Gasteiger partial charge < -0.3 is 14.2 Å². The molecule has 0 bridgehead atoms. The van der Waals surface area contributed by atoms with Crippen molar-refractivity contribution >= 4 is 5.91 Å². The van der Waals surface area contributed by atoms with Crippen LogP contribution in [0.4, 0.5) is 8.78 Å². The first-order valence-electron chi connectivity index (χ1n) is 8.00. The van der Waals surface area contributed by atoms with Gasteiger partial charge in [0.1, 0.15) is 5.75 Å². The Morgan fingerprint density at radius 3 is 2.64 bits per heavy atom. The third-order valence-corrected chi connectivity index (χ3v) is 4.05. The highest BCUT2D eigenvalue weighted by molar-refractivity contribution is 5.97. The van der Waals surface area contributed by atoms with Gasteiger partial charge in [-0.15, -0.1) is 0 Å². The van der Waals surface area contributed by atoms with E-state index in [0.29, 0.717) is 32.7 Å². The van der Waals surface area contributed by atoms with Gasteiger partial charge in [-0.3, -0.25) is 9.69 Å². The Bertz CT molecular complexity index is 727. The van der Waals surface area contributed by atoms with Crippen molar-refractivity contribution in [3.05, 3.63) is 47.3 Å². The minimum atomic E-state index is -2.96. The van der Waals surface area contributed by atoms with Crippen molar-refractivity contribution < 1.29 is 22.8 Å². The molecule has 0 radical (unpaired) electrons. The Morgan fingerprint density at radius 2 is 2.00 bits per heavy atom. The van der Waals surface area contributed by atoms with E-state index in [0.717, 1.165) is 11.5 Å². The fourth-order valence-electron chi connectivity index (χ4n) is 2.83. The molecule has 1 aliphatic heterocycles. The number of aryl methyl sites for hydroxylation is 1. The first kappa shape index (κ1) is 17.3. The van der Waals surface area contributed by atoms with E-state index in [1.54, 1.807) is 17.0 Å². The van der Waals surface area contributed by atoms with Gasteiger partial charge in [-0.1, -0.05) is 17.3 Å². The van der Waals surface area contributed by atoms with Crippen molar-refractivity contribution in [1.29, 1.82) is 0 Å². The molecule has 0 unspecified atom stereocenters. The molecule has 0 aliphatic carbocycles. The lowest BCUT2D eigenvalue weighted by Crippen LogP contribution is -2.48. The molecule has 0 atom stereocenters. The van der Waals surface area contributed by atoms with E-state index >= 15 is 0 Å². The first-order chi connectivity index (χ1) is 12.0. The van der Waals surface area contributed by atoms with Gasteiger partial charge in [0, 0.05) is 32.2 Å². The van der Waals surface area contributed by atoms with Crippen LogP contribution in [0, 0.1) is 6.92 Å². The standard InChI is InChI=1S/C17H19F2N3O3/c1-12-10-13(25-20-12)11-21-6-8-22(9-7-21)16(23)14-4-2-3-5-15(14)24-17(18)19/h2-5,10,17H,6-9,11H2,1H3. The number of hydrogen-bond acceptors (Lipinski definition) is 5. The van der Waals surface area contributed by atoms with Gasteiger partial charge in [-0.05, 0) is 19.1 Å². The lowest BCUT2D eigenvalue weighted by atomic mass is 10.1. The SMILES string of the molecule is Cc1cc(CN2CCN(C(=O)c3ccccc3OC(F)F)CC2)on1. The van der Waals surface area contributed by atoms with Crippen LogP contribution in [0.15, 0.2) is 34.9 Å². The van der Waals surface area contributed by atoms with Crippen molar-refractivity contribution in [2.45, 2.75) is 20.1 Å². The first-order valence-corrected chi connectivity index (χ1v) is 8.00. The molecule has 1 aromatic carbocycles. The van der Waals surface area contributed by atoms with Crippen LogP contribution in [0.1, 0.15) is 21.8 Å². The van der Waals surface area contributed by atoms with Gasteiger partial charge in [-0.25, -0.2) is 0 Å². The number of para-hydroxylation sites is 1. The number of ether oxygens (including phenoxy) is 1. The highest BCUT2D eigenvalue weighted by Gasteiger charge is 2.25. The van der Waals surface area contributed by atoms with E-state index in [4.69, 9.17) is 4.52 Å². The lowest BCUT2D eigenvalue weighted by Gasteiger charge is -2.34. The summed E-state index contributed by atoms with van der Waals surface area (Å²) in [5, 5.41) is 3.86. The summed E-state index contributed by atoms with van der Waals surface area (Å²) in [6.45, 7) is 1.89. The summed E-state index contributed by atoms with van der Waals surface area (Å²) in [5.74, 6) is 0.390. The van der Waals surface area contributed by atoms with E-state index in [1.165, 1.54) is 12.1 Å².